The molecule has 0 aromatic carbocycles. The molecule has 2 heteroatoms. The van der Waals surface area contributed by atoms with Gasteiger partial charge in [0.05, 0.1) is 0 Å². The third kappa shape index (κ3) is 4.75. The second-order valence-electron chi connectivity index (χ2n) is 4.12. The second kappa shape index (κ2) is 7.39. The van der Waals surface area contributed by atoms with E-state index < -0.39 is 0 Å². The fourth-order valence-electron chi connectivity index (χ4n) is 1.77. The summed E-state index contributed by atoms with van der Waals surface area (Å²) in [4.78, 5) is 11.7. The van der Waals surface area contributed by atoms with Crippen molar-refractivity contribution in [2.45, 2.75) is 39.5 Å². The molecule has 0 N–H and O–H groups in total. The normalized spacial score (nSPS) is 13.1. The minimum atomic E-state index is 0.256. The van der Waals surface area contributed by atoms with Crippen LogP contribution in [0.4, 0.5) is 0 Å². The summed E-state index contributed by atoms with van der Waals surface area (Å²) in [5.41, 5.74) is 1.13. The van der Waals surface area contributed by atoms with Crippen LogP contribution < -0.4 is 0 Å². The lowest BCUT2D eigenvalue weighted by Gasteiger charge is -2.10. The first-order valence-electron chi connectivity index (χ1n) is 5.99. The average molecular weight is 236 g/mol. The van der Waals surface area contributed by atoms with Crippen molar-refractivity contribution in [3.63, 3.8) is 0 Å². The van der Waals surface area contributed by atoms with Gasteiger partial charge in [-0.1, -0.05) is 39.2 Å². The summed E-state index contributed by atoms with van der Waals surface area (Å²) in [5.74, 6) is 0.816. The summed E-state index contributed by atoms with van der Waals surface area (Å²) in [6, 6.07) is 2.03. The van der Waals surface area contributed by atoms with Crippen molar-refractivity contribution in [3.05, 3.63) is 28.5 Å². The van der Waals surface area contributed by atoms with E-state index in [2.05, 4.69) is 13.8 Å². The number of allylic oxidation sites excluding steroid dienone is 1. The lowest BCUT2D eigenvalue weighted by atomic mass is 9.94. The minimum Gasteiger partial charge on any atom is -0.295 e. The molecular formula is C14H20OS. The van der Waals surface area contributed by atoms with Gasteiger partial charge in [0.15, 0.2) is 5.78 Å². The van der Waals surface area contributed by atoms with E-state index in [0.717, 1.165) is 18.4 Å². The van der Waals surface area contributed by atoms with Gasteiger partial charge in [0.2, 0.25) is 0 Å². The predicted molar refractivity (Wildman–Crippen MR) is 71.7 cm³/mol. The molecule has 0 fully saturated rings. The van der Waals surface area contributed by atoms with Crippen LogP contribution in [0.1, 0.15) is 45.1 Å². The highest BCUT2D eigenvalue weighted by atomic mass is 32.1. The predicted octanol–water partition coefficient (Wildman–Crippen LogP) is 4.55. The zero-order chi connectivity index (χ0) is 11.8. The lowest BCUT2D eigenvalue weighted by Crippen LogP contribution is -2.05. The Morgan fingerprint density at radius 1 is 1.50 bits per heavy atom. The minimum absolute atomic E-state index is 0.256. The molecule has 1 heterocycles. The van der Waals surface area contributed by atoms with Crippen LogP contribution in [0, 0.1) is 5.92 Å². The van der Waals surface area contributed by atoms with Gasteiger partial charge in [-0.3, -0.25) is 4.79 Å². The third-order valence-electron chi connectivity index (χ3n) is 2.77. The van der Waals surface area contributed by atoms with Gasteiger partial charge < -0.3 is 0 Å². The Kier molecular flexibility index (Phi) is 6.09. The van der Waals surface area contributed by atoms with Crippen molar-refractivity contribution < 1.29 is 4.79 Å². The highest BCUT2D eigenvalue weighted by Crippen LogP contribution is 2.16. The van der Waals surface area contributed by atoms with Crippen LogP contribution in [-0.4, -0.2) is 5.78 Å². The van der Waals surface area contributed by atoms with Crippen LogP contribution in [0.3, 0.4) is 0 Å². The fourth-order valence-corrected chi connectivity index (χ4v) is 2.40. The molecule has 0 radical (unpaired) electrons. The van der Waals surface area contributed by atoms with E-state index in [9.17, 15) is 4.79 Å². The molecule has 1 rings (SSSR count). The first-order chi connectivity index (χ1) is 7.76. The van der Waals surface area contributed by atoms with E-state index >= 15 is 0 Å². The highest BCUT2D eigenvalue weighted by molar-refractivity contribution is 7.08. The smallest absolute Gasteiger partial charge is 0.155 e. The number of ketones is 1. The van der Waals surface area contributed by atoms with Gasteiger partial charge >= 0.3 is 0 Å². The molecule has 1 aromatic rings. The molecule has 16 heavy (non-hydrogen) atoms. The molecule has 1 atom stereocenters. The monoisotopic (exact) mass is 236 g/mol. The standard InChI is InChI=1S/C14H20OS/c1-3-5-12(4-2)10-14(15)7-6-13-8-9-16-11-13/h6-9,11-12H,3-5,10H2,1-2H3/b7-6+. The van der Waals surface area contributed by atoms with Gasteiger partial charge in [-0.15, -0.1) is 0 Å². The summed E-state index contributed by atoms with van der Waals surface area (Å²) in [5, 5.41) is 4.07. The van der Waals surface area contributed by atoms with E-state index in [-0.39, 0.29) is 5.78 Å². The lowest BCUT2D eigenvalue weighted by molar-refractivity contribution is -0.115. The summed E-state index contributed by atoms with van der Waals surface area (Å²) >= 11 is 1.66. The number of thiophene rings is 1. The molecule has 0 saturated carbocycles. The van der Waals surface area contributed by atoms with Crippen molar-refractivity contribution in [2.75, 3.05) is 0 Å². The summed E-state index contributed by atoms with van der Waals surface area (Å²) in [7, 11) is 0. The number of hydrogen-bond donors (Lipinski definition) is 0. The number of carbonyl (C=O) groups is 1. The largest absolute Gasteiger partial charge is 0.295 e. The quantitative estimate of drug-likeness (QED) is 0.635. The highest BCUT2D eigenvalue weighted by Gasteiger charge is 2.08. The van der Waals surface area contributed by atoms with Crippen molar-refractivity contribution in [3.8, 4) is 0 Å². The van der Waals surface area contributed by atoms with E-state index in [1.807, 2.05) is 22.9 Å². The van der Waals surface area contributed by atoms with Gasteiger partial charge in [0.1, 0.15) is 0 Å². The Balaban J connectivity index is 2.40. The maximum atomic E-state index is 11.7. The molecular weight excluding hydrogens is 216 g/mol. The third-order valence-corrected chi connectivity index (χ3v) is 3.47. The van der Waals surface area contributed by atoms with E-state index in [1.165, 1.54) is 6.42 Å². The zero-order valence-electron chi connectivity index (χ0n) is 10.1. The Bertz CT molecular complexity index is 325. The van der Waals surface area contributed by atoms with E-state index in [0.29, 0.717) is 12.3 Å². The Morgan fingerprint density at radius 3 is 2.88 bits per heavy atom. The van der Waals surface area contributed by atoms with Crippen molar-refractivity contribution in [1.29, 1.82) is 0 Å². The maximum Gasteiger partial charge on any atom is 0.155 e. The Hall–Kier alpha value is -0.890. The van der Waals surface area contributed by atoms with Crippen molar-refractivity contribution >= 4 is 23.2 Å². The SMILES string of the molecule is CCCC(CC)CC(=O)/C=C/c1ccsc1. The van der Waals surface area contributed by atoms with Crippen LogP contribution in [0.2, 0.25) is 0 Å². The molecule has 0 saturated heterocycles. The van der Waals surface area contributed by atoms with Crippen LogP contribution in [-0.2, 0) is 4.79 Å². The summed E-state index contributed by atoms with van der Waals surface area (Å²) in [6.45, 7) is 4.34. The maximum absolute atomic E-state index is 11.7. The van der Waals surface area contributed by atoms with Crippen LogP contribution >= 0.6 is 11.3 Å². The molecule has 0 aliphatic heterocycles. The summed E-state index contributed by atoms with van der Waals surface area (Å²) < 4.78 is 0. The van der Waals surface area contributed by atoms with Gasteiger partial charge in [-0.25, -0.2) is 0 Å². The topological polar surface area (TPSA) is 17.1 Å². The zero-order valence-corrected chi connectivity index (χ0v) is 10.9. The molecule has 1 nitrogen and oxygen atoms in total. The molecule has 0 spiro atoms. The van der Waals surface area contributed by atoms with Gasteiger partial charge in [0, 0.05) is 6.42 Å². The summed E-state index contributed by atoms with van der Waals surface area (Å²) in [6.07, 6.45) is 7.77. The van der Waals surface area contributed by atoms with E-state index in [1.54, 1.807) is 17.4 Å². The number of carbonyl (C=O) groups excluding carboxylic acids is 1. The van der Waals surface area contributed by atoms with E-state index in [4.69, 9.17) is 0 Å². The Labute approximate surface area is 102 Å². The molecule has 88 valence electrons. The number of rotatable bonds is 7. The molecule has 1 aromatic heterocycles. The average Bonchev–Trinajstić information content (AvgIpc) is 2.78. The Morgan fingerprint density at radius 2 is 2.31 bits per heavy atom. The van der Waals surface area contributed by atoms with Gasteiger partial charge in [-0.05, 0) is 34.4 Å². The molecule has 0 amide bonds. The van der Waals surface area contributed by atoms with Crippen LogP contribution in [0.5, 0.6) is 0 Å². The fraction of sp³-hybridized carbons (Fsp3) is 0.500. The van der Waals surface area contributed by atoms with Gasteiger partial charge in [-0.2, -0.15) is 11.3 Å². The van der Waals surface area contributed by atoms with Crippen LogP contribution in [0.25, 0.3) is 6.08 Å². The molecule has 0 aliphatic carbocycles. The van der Waals surface area contributed by atoms with Crippen molar-refractivity contribution in [1.82, 2.24) is 0 Å². The first kappa shape index (κ1) is 13.2. The number of hydrogen-bond acceptors (Lipinski definition) is 2. The molecule has 1 unspecified atom stereocenters. The van der Waals surface area contributed by atoms with Crippen molar-refractivity contribution in [2.24, 2.45) is 5.92 Å². The van der Waals surface area contributed by atoms with Crippen LogP contribution in [0.15, 0.2) is 22.9 Å². The second-order valence-corrected chi connectivity index (χ2v) is 4.90. The molecule has 0 bridgehead atoms. The van der Waals surface area contributed by atoms with Gasteiger partial charge in [0.25, 0.3) is 0 Å². The molecule has 0 aliphatic rings. The first-order valence-corrected chi connectivity index (χ1v) is 6.93.